The highest BCUT2D eigenvalue weighted by atomic mass is 16.5. The Balaban J connectivity index is 1.41. The molecular formula is C17H22N2O3. The summed E-state index contributed by atoms with van der Waals surface area (Å²) >= 11 is 0. The third-order valence-electron chi connectivity index (χ3n) is 5.22. The summed E-state index contributed by atoms with van der Waals surface area (Å²) in [4.78, 5) is 17.3. The number of carboxylic acid groups (broad SMARTS) is 1. The lowest BCUT2D eigenvalue weighted by Crippen LogP contribution is -2.48. The molecule has 1 N–H and O–H groups in total. The van der Waals surface area contributed by atoms with Crippen LogP contribution in [0.5, 0.6) is 5.88 Å². The molecule has 3 atom stereocenters. The fourth-order valence-electron chi connectivity index (χ4n) is 4.00. The number of hydrogen-bond donors (Lipinski definition) is 1. The predicted molar refractivity (Wildman–Crippen MR) is 81.0 cm³/mol. The Bertz CT molecular complexity index is 559. The number of aromatic nitrogens is 1. The minimum atomic E-state index is -0.782. The molecule has 0 radical (unpaired) electrons. The van der Waals surface area contributed by atoms with Gasteiger partial charge in [0.1, 0.15) is 6.10 Å². The predicted octanol–water partition coefficient (Wildman–Crippen LogP) is 3.09. The Morgan fingerprint density at radius 1 is 1.27 bits per heavy atom. The number of hydrogen-bond acceptors (Lipinski definition) is 3. The van der Waals surface area contributed by atoms with E-state index in [4.69, 9.17) is 4.74 Å². The van der Waals surface area contributed by atoms with Gasteiger partial charge in [-0.1, -0.05) is 0 Å². The van der Waals surface area contributed by atoms with Gasteiger partial charge in [-0.15, -0.1) is 0 Å². The largest absolute Gasteiger partial charge is 0.474 e. The van der Waals surface area contributed by atoms with E-state index in [-0.39, 0.29) is 18.2 Å². The van der Waals surface area contributed by atoms with Gasteiger partial charge in [-0.3, -0.25) is 0 Å². The first-order valence-electron chi connectivity index (χ1n) is 8.32. The van der Waals surface area contributed by atoms with Crippen LogP contribution in [0, 0.1) is 5.92 Å². The second-order valence-corrected chi connectivity index (χ2v) is 6.94. The van der Waals surface area contributed by atoms with Gasteiger partial charge in [-0.25, -0.2) is 9.78 Å². The zero-order valence-electron chi connectivity index (χ0n) is 12.6. The molecule has 3 aliphatic rings. The van der Waals surface area contributed by atoms with Crippen LogP contribution in [0.2, 0.25) is 0 Å². The summed E-state index contributed by atoms with van der Waals surface area (Å²) < 4.78 is 6.08. The van der Waals surface area contributed by atoms with Gasteiger partial charge >= 0.3 is 6.09 Å². The van der Waals surface area contributed by atoms with Gasteiger partial charge in [0.2, 0.25) is 5.88 Å². The minimum absolute atomic E-state index is 0.0942. The first kappa shape index (κ1) is 13.9. The van der Waals surface area contributed by atoms with E-state index in [1.54, 1.807) is 4.90 Å². The number of piperidine rings is 1. The molecule has 4 rings (SSSR count). The minimum Gasteiger partial charge on any atom is -0.474 e. The maximum Gasteiger partial charge on any atom is 0.407 e. The molecule has 2 aliphatic heterocycles. The molecule has 1 amide bonds. The third-order valence-corrected chi connectivity index (χ3v) is 5.22. The first-order chi connectivity index (χ1) is 10.7. The van der Waals surface area contributed by atoms with Crippen LogP contribution in [0.4, 0.5) is 4.79 Å². The van der Waals surface area contributed by atoms with Gasteiger partial charge in [-0.05, 0) is 49.7 Å². The topological polar surface area (TPSA) is 62.7 Å². The van der Waals surface area contributed by atoms with Crippen molar-refractivity contribution in [2.45, 2.75) is 63.1 Å². The number of pyridine rings is 1. The molecule has 22 heavy (non-hydrogen) atoms. The Labute approximate surface area is 130 Å². The zero-order valence-corrected chi connectivity index (χ0v) is 12.6. The van der Waals surface area contributed by atoms with E-state index >= 15 is 0 Å². The number of amides is 1. The lowest BCUT2D eigenvalue weighted by atomic mass is 10.0. The van der Waals surface area contributed by atoms with Crippen molar-refractivity contribution in [1.82, 2.24) is 9.88 Å². The third kappa shape index (κ3) is 2.76. The van der Waals surface area contributed by atoms with Gasteiger partial charge in [0.05, 0.1) is 0 Å². The maximum atomic E-state index is 11.3. The van der Waals surface area contributed by atoms with E-state index in [1.165, 1.54) is 18.4 Å². The van der Waals surface area contributed by atoms with Crippen LogP contribution in [0.1, 0.15) is 44.1 Å². The molecule has 5 nitrogen and oxygen atoms in total. The molecule has 5 heteroatoms. The fraction of sp³-hybridized carbons (Fsp3) is 0.647. The molecule has 1 aliphatic carbocycles. The SMILES string of the molecule is O=C(O)N1[C@@H]2CC[C@H]1C[C@@H](Oc1cc(CC3CC3)ccn1)C2. The van der Waals surface area contributed by atoms with Crippen molar-refractivity contribution in [3.05, 3.63) is 23.9 Å². The average molecular weight is 302 g/mol. The van der Waals surface area contributed by atoms with E-state index in [1.807, 2.05) is 6.20 Å². The van der Waals surface area contributed by atoms with Gasteiger partial charge < -0.3 is 14.7 Å². The second-order valence-electron chi connectivity index (χ2n) is 6.94. The first-order valence-corrected chi connectivity index (χ1v) is 8.32. The zero-order chi connectivity index (χ0) is 15.1. The van der Waals surface area contributed by atoms with E-state index in [0.717, 1.165) is 38.0 Å². The summed E-state index contributed by atoms with van der Waals surface area (Å²) in [6, 6.07) is 4.37. The molecular weight excluding hydrogens is 280 g/mol. The molecule has 118 valence electrons. The Morgan fingerprint density at radius 2 is 2.00 bits per heavy atom. The van der Waals surface area contributed by atoms with Crippen LogP contribution < -0.4 is 4.74 Å². The van der Waals surface area contributed by atoms with Crippen molar-refractivity contribution in [3.8, 4) is 5.88 Å². The molecule has 0 aromatic carbocycles. The van der Waals surface area contributed by atoms with E-state index < -0.39 is 6.09 Å². The van der Waals surface area contributed by atoms with E-state index in [9.17, 15) is 9.90 Å². The van der Waals surface area contributed by atoms with Crippen LogP contribution >= 0.6 is 0 Å². The molecule has 0 spiro atoms. The quantitative estimate of drug-likeness (QED) is 0.928. The van der Waals surface area contributed by atoms with E-state index in [0.29, 0.717) is 5.88 Å². The fourth-order valence-corrected chi connectivity index (χ4v) is 4.00. The normalized spacial score (nSPS) is 30.4. The molecule has 0 unspecified atom stereocenters. The van der Waals surface area contributed by atoms with Crippen LogP contribution in [0.3, 0.4) is 0 Å². The summed E-state index contributed by atoms with van der Waals surface area (Å²) in [7, 11) is 0. The van der Waals surface area contributed by atoms with Crippen molar-refractivity contribution in [3.63, 3.8) is 0 Å². The monoisotopic (exact) mass is 302 g/mol. The van der Waals surface area contributed by atoms with Gasteiger partial charge in [-0.2, -0.15) is 0 Å². The van der Waals surface area contributed by atoms with Crippen molar-refractivity contribution >= 4 is 6.09 Å². The molecule has 2 bridgehead atoms. The number of ether oxygens (including phenoxy) is 1. The Morgan fingerprint density at radius 3 is 2.64 bits per heavy atom. The van der Waals surface area contributed by atoms with Gasteiger partial charge in [0.25, 0.3) is 0 Å². The lowest BCUT2D eigenvalue weighted by Gasteiger charge is -2.36. The highest BCUT2D eigenvalue weighted by molar-refractivity contribution is 5.66. The van der Waals surface area contributed by atoms with Crippen LogP contribution in [0.15, 0.2) is 18.3 Å². The Kier molecular flexibility index (Phi) is 3.43. The summed E-state index contributed by atoms with van der Waals surface area (Å²) in [5, 5.41) is 9.29. The van der Waals surface area contributed by atoms with Crippen molar-refractivity contribution in [2.75, 3.05) is 0 Å². The van der Waals surface area contributed by atoms with Crippen molar-refractivity contribution in [2.24, 2.45) is 5.92 Å². The summed E-state index contributed by atoms with van der Waals surface area (Å²) in [6.07, 6.45) is 8.46. The summed E-state index contributed by atoms with van der Waals surface area (Å²) in [6.45, 7) is 0. The number of rotatable bonds is 4. The lowest BCUT2D eigenvalue weighted by molar-refractivity contribution is 0.0476. The van der Waals surface area contributed by atoms with Crippen molar-refractivity contribution in [1.29, 1.82) is 0 Å². The van der Waals surface area contributed by atoms with Gasteiger partial charge in [0.15, 0.2) is 0 Å². The average Bonchev–Trinajstić information content (AvgIpc) is 3.23. The molecule has 1 aromatic heterocycles. The van der Waals surface area contributed by atoms with Crippen LogP contribution in [0.25, 0.3) is 0 Å². The Hall–Kier alpha value is -1.78. The highest BCUT2D eigenvalue weighted by Crippen LogP contribution is 2.37. The smallest absolute Gasteiger partial charge is 0.407 e. The number of carbonyl (C=O) groups is 1. The molecule has 1 saturated carbocycles. The second kappa shape index (κ2) is 5.45. The molecule has 3 fully saturated rings. The number of nitrogens with zero attached hydrogens (tertiary/aromatic N) is 2. The van der Waals surface area contributed by atoms with E-state index in [2.05, 4.69) is 17.1 Å². The standard InChI is InChI=1S/C17H22N2O3/c20-17(21)19-13-3-4-14(19)10-15(9-13)22-16-8-12(5-6-18-16)7-11-1-2-11/h5-6,8,11,13-15H,1-4,7,9-10H2,(H,20,21)/t13-,14+,15+. The highest BCUT2D eigenvalue weighted by Gasteiger charge is 2.44. The molecule has 2 saturated heterocycles. The van der Waals surface area contributed by atoms with Crippen molar-refractivity contribution < 1.29 is 14.6 Å². The summed E-state index contributed by atoms with van der Waals surface area (Å²) in [5.41, 5.74) is 1.30. The number of fused-ring (bicyclic) bond motifs is 2. The van der Waals surface area contributed by atoms with Crippen LogP contribution in [-0.2, 0) is 6.42 Å². The summed E-state index contributed by atoms with van der Waals surface area (Å²) in [5.74, 6) is 1.55. The maximum absolute atomic E-state index is 11.3. The molecule has 1 aromatic rings. The molecule has 3 heterocycles. The van der Waals surface area contributed by atoms with Gasteiger partial charge in [0, 0.05) is 37.2 Å². The van der Waals surface area contributed by atoms with Crippen LogP contribution in [-0.4, -0.2) is 39.3 Å².